The van der Waals surface area contributed by atoms with Crippen molar-refractivity contribution < 1.29 is 14.6 Å². The second-order valence-electron chi connectivity index (χ2n) is 8.06. The van der Waals surface area contributed by atoms with Crippen molar-refractivity contribution in [1.29, 1.82) is 0 Å². The van der Waals surface area contributed by atoms with Crippen LogP contribution in [0.2, 0.25) is 5.02 Å². The molecular formula is C24H21ClN4O4S. The minimum Gasteiger partial charge on any atom is -0.475 e. The number of amides is 1. The van der Waals surface area contributed by atoms with Gasteiger partial charge >= 0.3 is 6.09 Å². The summed E-state index contributed by atoms with van der Waals surface area (Å²) in [6, 6.07) is 14.6. The van der Waals surface area contributed by atoms with E-state index in [9.17, 15) is 14.7 Å². The first-order chi connectivity index (χ1) is 16.5. The van der Waals surface area contributed by atoms with Crippen LogP contribution in [0.25, 0.3) is 20.5 Å². The third kappa shape index (κ3) is 4.62. The number of benzene rings is 1. The molecule has 1 aliphatic rings. The van der Waals surface area contributed by atoms with Gasteiger partial charge in [-0.05, 0) is 42.7 Å². The largest absolute Gasteiger partial charge is 0.475 e. The zero-order valence-electron chi connectivity index (χ0n) is 18.1. The van der Waals surface area contributed by atoms with Gasteiger partial charge < -0.3 is 14.7 Å². The van der Waals surface area contributed by atoms with E-state index < -0.39 is 6.09 Å². The number of likely N-dealkylation sites (tertiary alicyclic amines) is 1. The Morgan fingerprint density at radius 3 is 2.85 bits per heavy atom. The van der Waals surface area contributed by atoms with Crippen molar-refractivity contribution in [3.8, 4) is 16.3 Å². The van der Waals surface area contributed by atoms with E-state index in [0.29, 0.717) is 27.8 Å². The monoisotopic (exact) mass is 496 g/mol. The van der Waals surface area contributed by atoms with Crippen LogP contribution < -0.4 is 10.3 Å². The van der Waals surface area contributed by atoms with E-state index in [-0.39, 0.29) is 24.8 Å². The molecule has 0 unspecified atom stereocenters. The van der Waals surface area contributed by atoms with Crippen LogP contribution in [0, 0.1) is 0 Å². The van der Waals surface area contributed by atoms with E-state index in [1.54, 1.807) is 24.4 Å². The van der Waals surface area contributed by atoms with Gasteiger partial charge in [0.15, 0.2) is 0 Å². The lowest BCUT2D eigenvalue weighted by Crippen LogP contribution is -2.38. The van der Waals surface area contributed by atoms with Crippen LogP contribution in [0.1, 0.15) is 18.5 Å². The fourth-order valence-electron chi connectivity index (χ4n) is 4.06. The molecule has 3 aromatic heterocycles. The number of halogens is 1. The van der Waals surface area contributed by atoms with Crippen LogP contribution in [-0.2, 0) is 6.54 Å². The van der Waals surface area contributed by atoms with Crippen molar-refractivity contribution in [2.24, 2.45) is 0 Å². The van der Waals surface area contributed by atoms with E-state index in [1.165, 1.54) is 20.9 Å². The molecule has 1 amide bonds. The van der Waals surface area contributed by atoms with Gasteiger partial charge in [-0.1, -0.05) is 29.8 Å². The molecule has 1 N–H and O–H groups in total. The van der Waals surface area contributed by atoms with Gasteiger partial charge in [-0.15, -0.1) is 11.3 Å². The van der Waals surface area contributed by atoms with Gasteiger partial charge in [-0.25, -0.2) is 14.5 Å². The van der Waals surface area contributed by atoms with Crippen molar-refractivity contribution in [3.05, 3.63) is 75.8 Å². The molecule has 174 valence electrons. The molecule has 0 saturated carbocycles. The van der Waals surface area contributed by atoms with Crippen LogP contribution in [-0.4, -0.2) is 50.1 Å². The molecule has 0 radical (unpaired) electrons. The molecule has 4 aromatic rings. The number of fused-ring (bicyclic) bond motifs is 1. The first-order valence-corrected chi connectivity index (χ1v) is 12.0. The average molecular weight is 497 g/mol. The van der Waals surface area contributed by atoms with E-state index in [2.05, 4.69) is 10.1 Å². The Morgan fingerprint density at radius 2 is 2.06 bits per heavy atom. The zero-order chi connectivity index (χ0) is 23.7. The summed E-state index contributed by atoms with van der Waals surface area (Å²) in [5.74, 6) is 0.394. The molecule has 4 heterocycles. The highest BCUT2D eigenvalue weighted by Crippen LogP contribution is 2.32. The van der Waals surface area contributed by atoms with Crippen LogP contribution in [0.3, 0.4) is 0 Å². The summed E-state index contributed by atoms with van der Waals surface area (Å²) >= 11 is 7.40. The fourth-order valence-corrected chi connectivity index (χ4v) is 5.27. The van der Waals surface area contributed by atoms with Gasteiger partial charge in [0.25, 0.3) is 5.56 Å². The quantitative estimate of drug-likeness (QED) is 0.414. The van der Waals surface area contributed by atoms with Gasteiger partial charge in [0.1, 0.15) is 11.3 Å². The molecule has 1 saturated heterocycles. The molecule has 1 aromatic carbocycles. The highest BCUT2D eigenvalue weighted by molar-refractivity contribution is 7.22. The van der Waals surface area contributed by atoms with Gasteiger partial charge in [-0.3, -0.25) is 4.79 Å². The van der Waals surface area contributed by atoms with Crippen LogP contribution in [0.5, 0.6) is 5.88 Å². The lowest BCUT2D eigenvalue weighted by atomic mass is 10.2. The number of thiophene rings is 1. The number of carboxylic acid groups (broad SMARTS) is 1. The molecule has 34 heavy (non-hydrogen) atoms. The number of carbonyl (C=O) groups is 1. The van der Waals surface area contributed by atoms with Crippen molar-refractivity contribution in [2.45, 2.75) is 25.4 Å². The maximum atomic E-state index is 13.1. The summed E-state index contributed by atoms with van der Waals surface area (Å²) in [5, 5.41) is 15.1. The summed E-state index contributed by atoms with van der Waals surface area (Å²) in [6.07, 6.45) is 2.35. The number of hydrogen-bond donors (Lipinski definition) is 1. The third-order valence-electron chi connectivity index (χ3n) is 5.79. The molecule has 0 spiro atoms. The van der Waals surface area contributed by atoms with Gasteiger partial charge in [0, 0.05) is 27.9 Å². The third-order valence-corrected chi connectivity index (χ3v) is 7.23. The number of nitrogens with zero attached hydrogens (tertiary/aromatic N) is 4. The van der Waals surface area contributed by atoms with Crippen LogP contribution >= 0.6 is 22.9 Å². The highest BCUT2D eigenvalue weighted by atomic mass is 35.5. The minimum atomic E-state index is -0.929. The Morgan fingerprint density at radius 1 is 1.24 bits per heavy atom. The Bertz CT molecular complexity index is 1400. The van der Waals surface area contributed by atoms with E-state index in [4.69, 9.17) is 16.3 Å². The number of pyridine rings is 1. The molecule has 8 nitrogen and oxygen atoms in total. The lowest BCUT2D eigenvalue weighted by Gasteiger charge is -2.21. The first kappa shape index (κ1) is 22.4. The molecule has 0 aliphatic carbocycles. The second-order valence-corrected chi connectivity index (χ2v) is 9.55. The molecule has 1 atom stereocenters. The smallest absolute Gasteiger partial charge is 0.407 e. The Labute approximate surface area is 204 Å². The predicted octanol–water partition coefficient (Wildman–Crippen LogP) is 4.74. The first-order valence-electron chi connectivity index (χ1n) is 10.8. The summed E-state index contributed by atoms with van der Waals surface area (Å²) < 4.78 is 7.79. The van der Waals surface area contributed by atoms with Gasteiger partial charge in [-0.2, -0.15) is 5.10 Å². The Hall–Kier alpha value is -3.43. The second kappa shape index (κ2) is 9.44. The maximum Gasteiger partial charge on any atom is 0.407 e. The van der Waals surface area contributed by atoms with E-state index in [1.807, 2.05) is 30.3 Å². The lowest BCUT2D eigenvalue weighted by molar-refractivity contribution is 0.122. The fraction of sp³-hybridized carbons (Fsp3) is 0.250. The zero-order valence-corrected chi connectivity index (χ0v) is 19.6. The predicted molar refractivity (Wildman–Crippen MR) is 131 cm³/mol. The van der Waals surface area contributed by atoms with Gasteiger partial charge in [0.05, 0.1) is 24.5 Å². The van der Waals surface area contributed by atoms with Gasteiger partial charge in [0.2, 0.25) is 5.88 Å². The number of ether oxygens (including phenoxy) is 1. The SMILES string of the molecule is O=C(O)N1CCC[C@@H]1COc1cccc(Cn2ncc3cc(-c4ccc(Cl)cc4)sc3c2=O)n1. The van der Waals surface area contributed by atoms with Crippen molar-refractivity contribution in [1.82, 2.24) is 19.7 Å². The topological polar surface area (TPSA) is 97.5 Å². The molecule has 1 aliphatic heterocycles. The average Bonchev–Trinajstić information content (AvgIpc) is 3.48. The van der Waals surface area contributed by atoms with Crippen LogP contribution in [0.15, 0.2) is 59.5 Å². The van der Waals surface area contributed by atoms with Crippen LogP contribution in [0.4, 0.5) is 4.79 Å². The normalized spacial score (nSPS) is 15.7. The maximum absolute atomic E-state index is 13.1. The molecule has 5 rings (SSSR count). The van der Waals surface area contributed by atoms with E-state index in [0.717, 1.165) is 28.7 Å². The van der Waals surface area contributed by atoms with Crippen molar-refractivity contribution >= 4 is 39.1 Å². The van der Waals surface area contributed by atoms with E-state index >= 15 is 0 Å². The summed E-state index contributed by atoms with van der Waals surface area (Å²) in [4.78, 5) is 31.3. The summed E-state index contributed by atoms with van der Waals surface area (Å²) in [6.45, 7) is 0.969. The standard InChI is InChI=1S/C24H21ClN4O4S/c25-17-8-6-15(7-9-17)20-11-16-12-26-29(23(30)22(16)34-20)13-18-3-1-5-21(27-18)33-14-19-4-2-10-28(19)24(31)32/h1,3,5-9,11-12,19H,2,4,10,13-14H2,(H,31,32)/t19-/m1/s1. The van der Waals surface area contributed by atoms with Crippen molar-refractivity contribution in [3.63, 3.8) is 0 Å². The molecule has 1 fully saturated rings. The molecule has 10 heteroatoms. The summed E-state index contributed by atoms with van der Waals surface area (Å²) in [7, 11) is 0. The number of rotatable bonds is 6. The number of aromatic nitrogens is 3. The Kier molecular flexibility index (Phi) is 6.21. The van der Waals surface area contributed by atoms with Crippen molar-refractivity contribution in [2.75, 3.05) is 13.2 Å². The number of hydrogen-bond acceptors (Lipinski definition) is 6. The summed E-state index contributed by atoms with van der Waals surface area (Å²) in [5.41, 5.74) is 1.44. The highest BCUT2D eigenvalue weighted by Gasteiger charge is 2.29. The Balaban J connectivity index is 1.33. The minimum absolute atomic E-state index is 0.177. The molecular weight excluding hydrogens is 476 g/mol. The molecule has 0 bridgehead atoms.